The molecule has 0 spiro atoms. The molecular formula is C16H36O6. The van der Waals surface area contributed by atoms with Crippen molar-refractivity contribution in [2.45, 2.75) is 66.0 Å². The van der Waals surface area contributed by atoms with Gasteiger partial charge < -0.3 is 29.2 Å². The summed E-state index contributed by atoms with van der Waals surface area (Å²) in [5, 5.41) is 17.1. The number of ether oxygens (including phenoxy) is 4. The Morgan fingerprint density at radius 2 is 1.27 bits per heavy atom. The molecule has 0 aliphatic carbocycles. The molecule has 6 nitrogen and oxygen atoms in total. The van der Waals surface area contributed by atoms with Gasteiger partial charge in [-0.2, -0.15) is 0 Å². The molecule has 4 atom stereocenters. The Kier molecular flexibility index (Phi) is 18.7. The molecule has 0 aliphatic heterocycles. The lowest BCUT2D eigenvalue weighted by Crippen LogP contribution is -2.23. The quantitative estimate of drug-likeness (QED) is 0.568. The maximum absolute atomic E-state index is 8.69. The highest BCUT2D eigenvalue weighted by Gasteiger charge is 2.05. The minimum atomic E-state index is -0.445. The van der Waals surface area contributed by atoms with Crippen molar-refractivity contribution in [3.63, 3.8) is 0 Å². The first kappa shape index (κ1) is 24.0. The van der Waals surface area contributed by atoms with Crippen LogP contribution in [0.25, 0.3) is 0 Å². The van der Waals surface area contributed by atoms with Crippen LogP contribution in [0.15, 0.2) is 0 Å². The van der Waals surface area contributed by atoms with Crippen LogP contribution in [0.1, 0.15) is 41.5 Å². The van der Waals surface area contributed by atoms with Gasteiger partial charge in [0, 0.05) is 13.2 Å². The van der Waals surface area contributed by atoms with E-state index in [1.54, 1.807) is 13.8 Å². The summed E-state index contributed by atoms with van der Waals surface area (Å²) in [7, 11) is 0. The van der Waals surface area contributed by atoms with Crippen molar-refractivity contribution in [2.24, 2.45) is 0 Å². The zero-order valence-electron chi connectivity index (χ0n) is 15.1. The molecule has 22 heavy (non-hydrogen) atoms. The second-order valence-electron chi connectivity index (χ2n) is 5.24. The third-order valence-corrected chi connectivity index (χ3v) is 2.50. The predicted octanol–water partition coefficient (Wildman–Crippen LogP) is 1.62. The lowest BCUT2D eigenvalue weighted by atomic mass is 10.4. The van der Waals surface area contributed by atoms with Crippen LogP contribution in [-0.4, -0.2) is 74.3 Å². The van der Waals surface area contributed by atoms with E-state index < -0.39 is 6.10 Å². The summed E-state index contributed by atoms with van der Waals surface area (Å²) in [6, 6.07) is 0. The Bertz CT molecular complexity index is 213. The molecule has 0 radical (unpaired) electrons. The minimum Gasteiger partial charge on any atom is -0.394 e. The van der Waals surface area contributed by atoms with Crippen LogP contribution in [0.3, 0.4) is 0 Å². The van der Waals surface area contributed by atoms with E-state index in [0.717, 1.165) is 13.2 Å². The van der Waals surface area contributed by atoms with Crippen molar-refractivity contribution < 1.29 is 29.2 Å². The Hall–Kier alpha value is -0.240. The molecule has 0 heterocycles. The molecule has 0 aromatic rings. The molecule has 4 unspecified atom stereocenters. The van der Waals surface area contributed by atoms with Gasteiger partial charge in [0.1, 0.15) is 0 Å². The van der Waals surface area contributed by atoms with Crippen LogP contribution in [0.5, 0.6) is 0 Å². The molecule has 0 aliphatic rings. The molecule has 0 amide bonds. The zero-order chi connectivity index (χ0) is 17.4. The summed E-state index contributed by atoms with van der Waals surface area (Å²) < 4.78 is 21.0. The largest absolute Gasteiger partial charge is 0.394 e. The highest BCUT2D eigenvalue weighted by Crippen LogP contribution is 1.97. The monoisotopic (exact) mass is 324 g/mol. The molecule has 0 rings (SSSR count). The van der Waals surface area contributed by atoms with Crippen LogP contribution in [0.2, 0.25) is 0 Å². The van der Waals surface area contributed by atoms with E-state index in [4.69, 9.17) is 29.2 Å². The van der Waals surface area contributed by atoms with Crippen LogP contribution in [0.4, 0.5) is 0 Å². The molecule has 0 aromatic carbocycles. The van der Waals surface area contributed by atoms with E-state index in [1.165, 1.54) is 0 Å². The summed E-state index contributed by atoms with van der Waals surface area (Å²) in [4.78, 5) is 0. The first-order valence-corrected chi connectivity index (χ1v) is 8.08. The van der Waals surface area contributed by atoms with Gasteiger partial charge in [0.25, 0.3) is 0 Å². The zero-order valence-corrected chi connectivity index (χ0v) is 15.1. The molecule has 0 saturated heterocycles. The van der Waals surface area contributed by atoms with Crippen LogP contribution in [0, 0.1) is 0 Å². The van der Waals surface area contributed by atoms with E-state index >= 15 is 0 Å². The molecule has 136 valence electrons. The Morgan fingerprint density at radius 3 is 1.73 bits per heavy atom. The maximum atomic E-state index is 8.69. The molecular weight excluding hydrogens is 288 g/mol. The topological polar surface area (TPSA) is 77.4 Å². The average Bonchev–Trinajstić information content (AvgIpc) is 2.49. The number of aliphatic hydroxyl groups is 2. The van der Waals surface area contributed by atoms with Gasteiger partial charge in [-0.1, -0.05) is 0 Å². The molecule has 0 bridgehead atoms. The van der Waals surface area contributed by atoms with Gasteiger partial charge in [0.05, 0.1) is 50.8 Å². The fourth-order valence-electron chi connectivity index (χ4n) is 1.32. The van der Waals surface area contributed by atoms with Crippen molar-refractivity contribution in [2.75, 3.05) is 39.6 Å². The average molecular weight is 324 g/mol. The van der Waals surface area contributed by atoms with E-state index in [9.17, 15) is 0 Å². The van der Waals surface area contributed by atoms with Crippen LogP contribution in [-0.2, 0) is 18.9 Å². The van der Waals surface area contributed by atoms with Gasteiger partial charge in [0.15, 0.2) is 0 Å². The lowest BCUT2D eigenvalue weighted by molar-refractivity contribution is -0.0533. The van der Waals surface area contributed by atoms with E-state index in [-0.39, 0.29) is 24.9 Å². The van der Waals surface area contributed by atoms with Crippen LogP contribution < -0.4 is 0 Å². The summed E-state index contributed by atoms with van der Waals surface area (Å²) in [5.74, 6) is 0. The Labute approximate surface area is 135 Å². The van der Waals surface area contributed by atoms with Crippen molar-refractivity contribution >= 4 is 0 Å². The number of aliphatic hydroxyl groups excluding tert-OH is 2. The Balaban J connectivity index is 0. The van der Waals surface area contributed by atoms with Crippen molar-refractivity contribution in [1.29, 1.82) is 0 Å². The Morgan fingerprint density at radius 1 is 0.727 bits per heavy atom. The summed E-state index contributed by atoms with van der Waals surface area (Å²) in [6.45, 7) is 14.5. The van der Waals surface area contributed by atoms with Crippen molar-refractivity contribution in [3.05, 3.63) is 0 Å². The standard InChI is InChI=1S/C10H22O3.C6H14O3/c1-5-11-7-9(3)13-8-10(4)12-6-2;1-5(8)4-9-6(2)3-7/h9-10H,5-8H2,1-4H3;5-8H,3-4H2,1-2H3. The van der Waals surface area contributed by atoms with Gasteiger partial charge in [-0.25, -0.2) is 0 Å². The molecule has 6 heteroatoms. The number of hydrogen-bond donors (Lipinski definition) is 2. The smallest absolute Gasteiger partial charge is 0.0781 e. The maximum Gasteiger partial charge on any atom is 0.0781 e. The van der Waals surface area contributed by atoms with Gasteiger partial charge in [0.2, 0.25) is 0 Å². The van der Waals surface area contributed by atoms with Gasteiger partial charge in [-0.05, 0) is 41.5 Å². The molecule has 0 fully saturated rings. The summed E-state index contributed by atoms with van der Waals surface area (Å²) >= 11 is 0. The third kappa shape index (κ3) is 19.8. The van der Waals surface area contributed by atoms with Crippen LogP contribution >= 0.6 is 0 Å². The van der Waals surface area contributed by atoms with Gasteiger partial charge in [-0.3, -0.25) is 0 Å². The van der Waals surface area contributed by atoms with Crippen molar-refractivity contribution in [1.82, 2.24) is 0 Å². The second-order valence-corrected chi connectivity index (χ2v) is 5.24. The summed E-state index contributed by atoms with van der Waals surface area (Å²) in [5.41, 5.74) is 0. The molecule has 0 aromatic heterocycles. The highest BCUT2D eigenvalue weighted by molar-refractivity contribution is 4.51. The van der Waals surface area contributed by atoms with E-state index in [2.05, 4.69) is 0 Å². The van der Waals surface area contributed by atoms with E-state index in [1.807, 2.05) is 27.7 Å². The van der Waals surface area contributed by atoms with Gasteiger partial charge >= 0.3 is 0 Å². The first-order chi connectivity index (χ1) is 10.4. The van der Waals surface area contributed by atoms with Crippen molar-refractivity contribution in [3.8, 4) is 0 Å². The fourth-order valence-corrected chi connectivity index (χ4v) is 1.32. The predicted molar refractivity (Wildman–Crippen MR) is 87.2 cm³/mol. The number of hydrogen-bond acceptors (Lipinski definition) is 6. The SMILES string of the molecule is CC(O)COC(C)CO.CCOCC(C)OCC(C)OCC. The fraction of sp³-hybridized carbons (Fsp3) is 1.00. The molecule has 2 N–H and O–H groups in total. The van der Waals surface area contributed by atoms with Gasteiger partial charge in [-0.15, -0.1) is 0 Å². The second kappa shape index (κ2) is 17.1. The first-order valence-electron chi connectivity index (χ1n) is 8.08. The highest BCUT2D eigenvalue weighted by atomic mass is 16.6. The lowest BCUT2D eigenvalue weighted by Gasteiger charge is -2.16. The summed E-state index contributed by atoms with van der Waals surface area (Å²) in [6.07, 6.45) is -0.282. The number of rotatable bonds is 12. The minimum absolute atomic E-state index is 0.00667. The molecule has 0 saturated carbocycles. The van der Waals surface area contributed by atoms with E-state index in [0.29, 0.717) is 19.8 Å². The normalized spacial score (nSPS) is 16.4. The third-order valence-electron chi connectivity index (χ3n) is 2.50.